The normalized spacial score (nSPS) is 19.9. The van der Waals surface area contributed by atoms with Crippen LogP contribution in [-0.4, -0.2) is 22.0 Å². The molecule has 1 unspecified atom stereocenters. The SMILES string of the molecule is CC(=O)OCCCC1=S(O)C=CC=C1. The first-order valence-corrected chi connectivity index (χ1v) is 5.71. The van der Waals surface area contributed by atoms with Crippen LogP contribution in [-0.2, 0) is 9.53 Å². The Hall–Kier alpha value is -0.870. The van der Waals surface area contributed by atoms with Gasteiger partial charge in [0.1, 0.15) is 0 Å². The fourth-order valence-corrected chi connectivity index (χ4v) is 2.08. The third-order valence-electron chi connectivity index (χ3n) is 1.74. The Labute approximate surface area is 86.2 Å². The summed E-state index contributed by atoms with van der Waals surface area (Å²) in [5, 5.41) is 1.77. The molecule has 0 spiro atoms. The van der Waals surface area contributed by atoms with E-state index in [1.54, 1.807) is 5.41 Å². The summed E-state index contributed by atoms with van der Waals surface area (Å²) in [7, 11) is -0.733. The van der Waals surface area contributed by atoms with E-state index in [1.807, 2.05) is 18.2 Å². The van der Waals surface area contributed by atoms with Gasteiger partial charge in [0, 0.05) is 11.8 Å². The molecule has 1 N–H and O–H groups in total. The van der Waals surface area contributed by atoms with E-state index in [-0.39, 0.29) is 5.97 Å². The highest BCUT2D eigenvalue weighted by Crippen LogP contribution is 2.18. The standard InChI is InChI=1S/C10H14O3S/c1-9(11)13-7-4-6-10-5-2-3-8-14(10)12/h2-3,5,8,12H,4,6-7H2,1H3. The van der Waals surface area contributed by atoms with Crippen molar-refractivity contribution in [3.8, 4) is 0 Å². The monoisotopic (exact) mass is 214 g/mol. The van der Waals surface area contributed by atoms with Crippen LogP contribution >= 0.6 is 10.8 Å². The van der Waals surface area contributed by atoms with E-state index in [4.69, 9.17) is 4.74 Å². The summed E-state index contributed by atoms with van der Waals surface area (Å²) in [6.07, 6.45) is 7.18. The molecule has 0 fully saturated rings. The van der Waals surface area contributed by atoms with Crippen LogP contribution in [0.3, 0.4) is 0 Å². The number of esters is 1. The zero-order chi connectivity index (χ0) is 10.4. The molecule has 4 heteroatoms. The largest absolute Gasteiger partial charge is 0.466 e. The first-order valence-electron chi connectivity index (χ1n) is 4.46. The quantitative estimate of drug-likeness (QED) is 0.444. The second-order valence-corrected chi connectivity index (χ2v) is 4.34. The third kappa shape index (κ3) is 3.89. The maximum Gasteiger partial charge on any atom is 0.302 e. The highest BCUT2D eigenvalue weighted by atomic mass is 32.2. The zero-order valence-corrected chi connectivity index (χ0v) is 8.92. The van der Waals surface area contributed by atoms with Gasteiger partial charge in [0.2, 0.25) is 0 Å². The van der Waals surface area contributed by atoms with E-state index >= 15 is 0 Å². The molecule has 0 amide bonds. The number of hydrogen-bond acceptors (Lipinski definition) is 3. The lowest BCUT2D eigenvalue weighted by molar-refractivity contribution is -0.140. The number of allylic oxidation sites excluding steroid dienone is 3. The van der Waals surface area contributed by atoms with Crippen LogP contribution in [0, 0.1) is 0 Å². The molecule has 3 nitrogen and oxygen atoms in total. The molecule has 1 heterocycles. The molecule has 0 bridgehead atoms. The van der Waals surface area contributed by atoms with E-state index in [1.165, 1.54) is 6.92 Å². The molecule has 0 aromatic rings. The number of rotatable bonds is 4. The number of ether oxygens (including phenoxy) is 1. The first kappa shape index (κ1) is 11.2. The van der Waals surface area contributed by atoms with E-state index < -0.39 is 10.8 Å². The van der Waals surface area contributed by atoms with Gasteiger partial charge in [-0.25, -0.2) is 0 Å². The molecule has 0 saturated heterocycles. The highest BCUT2D eigenvalue weighted by molar-refractivity contribution is 8.13. The minimum absolute atomic E-state index is 0.253. The molecule has 0 aliphatic carbocycles. The fourth-order valence-electron chi connectivity index (χ4n) is 1.09. The minimum atomic E-state index is -0.733. The maximum atomic E-state index is 10.5. The predicted molar refractivity (Wildman–Crippen MR) is 59.4 cm³/mol. The molecular formula is C10H14O3S. The Morgan fingerprint density at radius 3 is 3.00 bits per heavy atom. The molecule has 1 aliphatic rings. The van der Waals surface area contributed by atoms with Crippen LogP contribution in [0.1, 0.15) is 19.8 Å². The third-order valence-corrected chi connectivity index (χ3v) is 3.03. The summed E-state index contributed by atoms with van der Waals surface area (Å²) >= 11 is 0. The van der Waals surface area contributed by atoms with Gasteiger partial charge >= 0.3 is 5.97 Å². The van der Waals surface area contributed by atoms with Gasteiger partial charge in [-0.15, -0.1) is 0 Å². The van der Waals surface area contributed by atoms with Crippen LogP contribution in [0.5, 0.6) is 0 Å². The van der Waals surface area contributed by atoms with Gasteiger partial charge in [0.05, 0.1) is 6.61 Å². The Kier molecular flexibility index (Phi) is 4.62. The van der Waals surface area contributed by atoms with Gasteiger partial charge in [-0.2, -0.15) is 0 Å². The molecule has 0 saturated carbocycles. The zero-order valence-electron chi connectivity index (χ0n) is 8.10. The Balaban J connectivity index is 2.28. The molecule has 0 aromatic carbocycles. The molecule has 1 rings (SSSR count). The average molecular weight is 214 g/mol. The minimum Gasteiger partial charge on any atom is -0.466 e. The topological polar surface area (TPSA) is 46.5 Å². The molecule has 78 valence electrons. The van der Waals surface area contributed by atoms with Crippen LogP contribution in [0.15, 0.2) is 23.6 Å². The Morgan fingerprint density at radius 2 is 2.36 bits per heavy atom. The lowest BCUT2D eigenvalue weighted by Gasteiger charge is -2.07. The van der Waals surface area contributed by atoms with Crippen molar-refractivity contribution < 1.29 is 14.1 Å². The summed E-state index contributed by atoms with van der Waals surface area (Å²) in [6, 6.07) is 0. The van der Waals surface area contributed by atoms with Gasteiger partial charge in [0.15, 0.2) is 0 Å². The molecule has 1 aliphatic heterocycles. The van der Waals surface area contributed by atoms with Crippen molar-refractivity contribution in [2.24, 2.45) is 0 Å². The summed E-state index contributed by atoms with van der Waals surface area (Å²) in [5.74, 6) is -0.253. The predicted octanol–water partition coefficient (Wildman–Crippen LogP) is 2.33. The van der Waals surface area contributed by atoms with Crippen molar-refractivity contribution in [2.75, 3.05) is 6.61 Å². The van der Waals surface area contributed by atoms with Gasteiger partial charge in [-0.3, -0.25) is 4.79 Å². The van der Waals surface area contributed by atoms with Crippen LogP contribution < -0.4 is 0 Å². The fraction of sp³-hybridized carbons (Fsp3) is 0.400. The maximum absolute atomic E-state index is 10.5. The number of hydrogen-bond donors (Lipinski definition) is 1. The van der Waals surface area contributed by atoms with Crippen molar-refractivity contribution in [2.45, 2.75) is 19.8 Å². The Morgan fingerprint density at radius 1 is 1.57 bits per heavy atom. The van der Waals surface area contributed by atoms with Crippen LogP contribution in [0.2, 0.25) is 0 Å². The van der Waals surface area contributed by atoms with Crippen LogP contribution in [0.4, 0.5) is 0 Å². The molecule has 1 atom stereocenters. The summed E-state index contributed by atoms with van der Waals surface area (Å²) in [4.78, 5) is 11.5. The summed E-state index contributed by atoms with van der Waals surface area (Å²) in [5.41, 5.74) is 0. The van der Waals surface area contributed by atoms with Crippen molar-refractivity contribution in [3.05, 3.63) is 23.6 Å². The molecule has 14 heavy (non-hydrogen) atoms. The van der Waals surface area contributed by atoms with Crippen molar-refractivity contribution in [1.29, 1.82) is 0 Å². The van der Waals surface area contributed by atoms with E-state index in [9.17, 15) is 9.35 Å². The number of carbonyl (C=O) groups is 1. The van der Waals surface area contributed by atoms with Gasteiger partial charge < -0.3 is 9.29 Å². The van der Waals surface area contributed by atoms with Gasteiger partial charge in [-0.05, 0) is 29.0 Å². The smallest absolute Gasteiger partial charge is 0.302 e. The highest BCUT2D eigenvalue weighted by Gasteiger charge is 2.01. The first-order chi connectivity index (χ1) is 6.70. The number of carbonyl (C=O) groups excluding carboxylic acids is 1. The van der Waals surface area contributed by atoms with Crippen LogP contribution in [0.25, 0.3) is 0 Å². The van der Waals surface area contributed by atoms with E-state index in [2.05, 4.69) is 0 Å². The lowest BCUT2D eigenvalue weighted by Crippen LogP contribution is -2.03. The molecular weight excluding hydrogens is 200 g/mol. The van der Waals surface area contributed by atoms with Crippen molar-refractivity contribution in [1.82, 2.24) is 0 Å². The molecule has 0 aromatic heterocycles. The second kappa shape index (κ2) is 5.78. The summed E-state index contributed by atoms with van der Waals surface area (Å²) in [6.45, 7) is 1.82. The van der Waals surface area contributed by atoms with E-state index in [0.717, 1.165) is 17.7 Å². The van der Waals surface area contributed by atoms with Gasteiger partial charge in [0.25, 0.3) is 0 Å². The van der Waals surface area contributed by atoms with Crippen molar-refractivity contribution in [3.63, 3.8) is 0 Å². The lowest BCUT2D eigenvalue weighted by atomic mass is 10.2. The summed E-state index contributed by atoms with van der Waals surface area (Å²) < 4.78 is 14.3. The van der Waals surface area contributed by atoms with E-state index in [0.29, 0.717) is 6.61 Å². The Bertz CT molecular complexity index is 302. The molecule has 0 radical (unpaired) electrons. The second-order valence-electron chi connectivity index (χ2n) is 2.91. The average Bonchev–Trinajstić information content (AvgIpc) is 2.15. The van der Waals surface area contributed by atoms with Crippen molar-refractivity contribution >= 4 is 21.6 Å². The van der Waals surface area contributed by atoms with Gasteiger partial charge in [-0.1, -0.05) is 18.2 Å².